The second-order valence-electron chi connectivity index (χ2n) is 15.7. The average Bonchev–Trinajstić information content (AvgIpc) is 3.34. The van der Waals surface area contributed by atoms with E-state index in [1.54, 1.807) is 6.26 Å². The van der Waals surface area contributed by atoms with E-state index in [-0.39, 0.29) is 29.8 Å². The van der Waals surface area contributed by atoms with E-state index in [2.05, 4.69) is 45.9 Å². The molecule has 1 N–H and O–H groups in total. The molecule has 4 aliphatic carbocycles. The number of furan rings is 1. The van der Waals surface area contributed by atoms with Gasteiger partial charge in [0, 0.05) is 12.0 Å². The van der Waals surface area contributed by atoms with Gasteiger partial charge in [0.15, 0.2) is 0 Å². The maximum absolute atomic E-state index is 12.4. The minimum atomic E-state index is -2.95. The number of hydrogen-bond acceptors (Lipinski definition) is 4. The van der Waals surface area contributed by atoms with E-state index in [0.29, 0.717) is 0 Å². The quantitative estimate of drug-likeness (QED) is 0.159. The van der Waals surface area contributed by atoms with Crippen molar-refractivity contribution < 1.29 is 17.4 Å². The van der Waals surface area contributed by atoms with E-state index >= 15 is 0 Å². The standard InChI is InChI=1S/C22H26O3.3C6H11.H2O.Sn/c1-15(2)10-19-20(22(19,3)4)21(23)25-14-17-12-18(24-13-17)11-16-8-6-5-7-9-16;3*1-2-4-6-5-3-1;;/h5-10,12-13,19-20H,11,14H2,1-4H3;3*1H,2-6H2;1H2;/q;;;;;+1/p-1. The predicted octanol–water partition coefficient (Wildman–Crippen LogP) is 11.1. The monoisotopic (exact) mass is 724 g/mol. The number of ether oxygens (including phenoxy) is 1. The average molecular weight is 724 g/mol. The van der Waals surface area contributed by atoms with Gasteiger partial charge in [0.2, 0.25) is 0 Å². The molecule has 2 aromatic rings. The van der Waals surface area contributed by atoms with Gasteiger partial charge in [-0.2, -0.15) is 0 Å². The molecule has 0 bridgehead atoms. The Kier molecular flexibility index (Phi) is 12.4. The van der Waals surface area contributed by atoms with Gasteiger partial charge >= 0.3 is 136 Å². The van der Waals surface area contributed by atoms with Crippen molar-refractivity contribution in [3.8, 4) is 0 Å². The summed E-state index contributed by atoms with van der Waals surface area (Å²) in [5, 5.41) is 0. The molecule has 2 unspecified atom stereocenters. The van der Waals surface area contributed by atoms with Crippen molar-refractivity contribution in [1.29, 1.82) is 0 Å². The zero-order valence-corrected chi connectivity index (χ0v) is 31.6. The SMILES string of the molecule is CC(C)=CC1C(C(=O)OCc2coc(Cc3ccccc3)c2)C1(C)C.[OH][Sn]([CH]1CCCCC1)([CH]1CCCCC1)[CH]1CCCCC1. The first kappa shape index (κ1) is 34.8. The molecule has 4 aliphatic rings. The molecule has 4 fully saturated rings. The van der Waals surface area contributed by atoms with Crippen LogP contribution in [0.4, 0.5) is 0 Å². The summed E-state index contributed by atoms with van der Waals surface area (Å²) in [6.07, 6.45) is 25.9. The van der Waals surface area contributed by atoms with Gasteiger partial charge in [0.1, 0.15) is 12.4 Å². The molecule has 1 heterocycles. The fourth-order valence-electron chi connectivity index (χ4n) is 9.13. The van der Waals surface area contributed by atoms with Crippen LogP contribution in [-0.2, 0) is 22.6 Å². The van der Waals surface area contributed by atoms with E-state index in [1.165, 1.54) is 107 Å². The van der Waals surface area contributed by atoms with E-state index in [4.69, 9.17) is 9.15 Å². The molecule has 2 atom stereocenters. The fourth-order valence-corrected chi connectivity index (χ4v) is 26.3. The second kappa shape index (κ2) is 16.0. The topological polar surface area (TPSA) is 59.7 Å². The molecule has 4 nitrogen and oxygen atoms in total. The fraction of sp³-hybridized carbons (Fsp3) is 0.675. The molecule has 0 spiro atoms. The Morgan fingerprint density at radius 1 is 0.844 bits per heavy atom. The first-order chi connectivity index (χ1) is 21.7. The van der Waals surface area contributed by atoms with Crippen LogP contribution in [0.25, 0.3) is 0 Å². The number of allylic oxidation sites excluding steroid dienone is 2. The third-order valence-corrected chi connectivity index (χ3v) is 27.9. The summed E-state index contributed by atoms with van der Waals surface area (Å²) in [6, 6.07) is 12.1. The summed E-state index contributed by atoms with van der Waals surface area (Å²) in [5.74, 6) is 1.01. The molecule has 0 amide bonds. The molecular formula is C40H60O4Sn. The molecule has 6 rings (SSSR count). The first-order valence-electron chi connectivity index (χ1n) is 18.3. The van der Waals surface area contributed by atoms with Crippen molar-refractivity contribution in [2.75, 3.05) is 0 Å². The summed E-state index contributed by atoms with van der Waals surface area (Å²) >= 11 is -2.95. The third-order valence-electron chi connectivity index (χ3n) is 11.8. The Labute approximate surface area is 278 Å². The zero-order chi connectivity index (χ0) is 31.9. The van der Waals surface area contributed by atoms with Crippen LogP contribution in [-0.4, -0.2) is 28.2 Å². The van der Waals surface area contributed by atoms with Crippen molar-refractivity contribution >= 4 is 24.8 Å². The number of esters is 1. The molecule has 0 radical (unpaired) electrons. The van der Waals surface area contributed by atoms with E-state index in [9.17, 15) is 8.24 Å². The van der Waals surface area contributed by atoms with Gasteiger partial charge in [-0.25, -0.2) is 0 Å². The Bertz CT molecular complexity index is 1180. The van der Waals surface area contributed by atoms with Crippen molar-refractivity contribution in [3.05, 3.63) is 71.2 Å². The Balaban J connectivity index is 0.000000182. The molecule has 45 heavy (non-hydrogen) atoms. The minimum absolute atomic E-state index is 0.0107. The van der Waals surface area contributed by atoms with Crippen LogP contribution in [0.3, 0.4) is 0 Å². The van der Waals surface area contributed by atoms with Crippen molar-refractivity contribution in [2.45, 2.75) is 149 Å². The van der Waals surface area contributed by atoms with Gasteiger partial charge in [-0.15, -0.1) is 0 Å². The zero-order valence-electron chi connectivity index (χ0n) is 28.7. The number of rotatable bonds is 9. The van der Waals surface area contributed by atoms with Gasteiger partial charge in [-0.3, -0.25) is 4.79 Å². The Morgan fingerprint density at radius 3 is 1.84 bits per heavy atom. The Hall–Kier alpha value is -1.53. The van der Waals surface area contributed by atoms with E-state index in [1.807, 2.05) is 24.3 Å². The predicted molar refractivity (Wildman–Crippen MR) is 186 cm³/mol. The number of hydrogen-bond donors (Lipinski definition) is 1. The summed E-state index contributed by atoms with van der Waals surface area (Å²) in [7, 11) is 0. The van der Waals surface area contributed by atoms with Gasteiger partial charge in [-0.1, -0.05) is 55.8 Å². The summed E-state index contributed by atoms with van der Waals surface area (Å²) in [6.45, 7) is 8.65. The van der Waals surface area contributed by atoms with Crippen molar-refractivity contribution in [2.24, 2.45) is 17.3 Å². The normalized spacial score (nSPS) is 24.3. The molecule has 248 valence electrons. The summed E-state index contributed by atoms with van der Waals surface area (Å²) in [5.41, 5.74) is 3.33. The molecule has 4 saturated carbocycles. The molecule has 0 saturated heterocycles. The first-order valence-corrected chi connectivity index (χ1v) is 24.6. The van der Waals surface area contributed by atoms with Gasteiger partial charge in [0.25, 0.3) is 0 Å². The van der Waals surface area contributed by atoms with Crippen LogP contribution in [0.1, 0.15) is 141 Å². The van der Waals surface area contributed by atoms with Crippen LogP contribution in [0.5, 0.6) is 0 Å². The second-order valence-corrected chi connectivity index (χ2v) is 27.7. The molecule has 1 aromatic carbocycles. The molecule has 5 heteroatoms. The summed E-state index contributed by atoms with van der Waals surface area (Å²) < 4.78 is 25.7. The van der Waals surface area contributed by atoms with E-state index in [0.717, 1.165) is 29.5 Å². The van der Waals surface area contributed by atoms with Crippen LogP contribution in [0.2, 0.25) is 11.8 Å². The maximum atomic E-state index is 12.4. The van der Waals surface area contributed by atoms with Crippen LogP contribution >= 0.6 is 0 Å². The van der Waals surface area contributed by atoms with Gasteiger partial charge in [0.05, 0.1) is 12.2 Å². The summed E-state index contributed by atoms with van der Waals surface area (Å²) in [4.78, 5) is 12.4. The van der Waals surface area contributed by atoms with Crippen LogP contribution < -0.4 is 0 Å². The van der Waals surface area contributed by atoms with Crippen LogP contribution in [0, 0.1) is 17.3 Å². The van der Waals surface area contributed by atoms with Crippen molar-refractivity contribution in [1.82, 2.24) is 0 Å². The van der Waals surface area contributed by atoms with Crippen LogP contribution in [0.15, 0.2) is 58.7 Å². The number of benzene rings is 1. The number of carbonyl (C=O) groups excluding carboxylic acids is 1. The molecule has 0 aliphatic heterocycles. The number of carbonyl (C=O) groups is 1. The molecule has 1 aromatic heterocycles. The Morgan fingerprint density at radius 2 is 1.36 bits per heavy atom. The molecular weight excluding hydrogens is 663 g/mol. The van der Waals surface area contributed by atoms with Gasteiger partial charge in [-0.05, 0) is 36.8 Å². The van der Waals surface area contributed by atoms with Crippen molar-refractivity contribution in [3.63, 3.8) is 0 Å². The third kappa shape index (κ3) is 8.89. The van der Waals surface area contributed by atoms with Gasteiger partial charge < -0.3 is 9.15 Å². The van der Waals surface area contributed by atoms with E-state index < -0.39 is 18.8 Å².